The van der Waals surface area contributed by atoms with Crippen molar-refractivity contribution in [2.45, 2.75) is 270 Å². The lowest BCUT2D eigenvalue weighted by Gasteiger charge is -2.24. The average molecular weight is 1050 g/mol. The van der Waals surface area contributed by atoms with E-state index in [-0.39, 0.29) is 25.6 Å². The van der Waals surface area contributed by atoms with Gasteiger partial charge in [-0.15, -0.1) is 0 Å². The van der Waals surface area contributed by atoms with Crippen molar-refractivity contribution in [2.24, 2.45) is 0 Å². The Hall–Kier alpha value is -2.55. The minimum absolute atomic E-state index is 0.0315. The summed E-state index contributed by atoms with van der Waals surface area (Å²) < 4.78 is 34.6. The number of phosphoric ester groups is 1. The molecule has 1 N–H and O–H groups in total. The van der Waals surface area contributed by atoms with Gasteiger partial charge in [0.05, 0.1) is 27.7 Å². The van der Waals surface area contributed by atoms with E-state index in [4.69, 9.17) is 18.5 Å². The highest BCUT2D eigenvalue weighted by Gasteiger charge is 2.27. The molecule has 0 aromatic heterocycles. The van der Waals surface area contributed by atoms with Crippen LogP contribution in [-0.4, -0.2) is 74.9 Å². The normalized spacial score (nSPS) is 13.8. The van der Waals surface area contributed by atoms with Crippen molar-refractivity contribution in [1.82, 2.24) is 0 Å². The number of ether oxygens (including phenoxy) is 2. The molecule has 10 heteroatoms. The van der Waals surface area contributed by atoms with Crippen molar-refractivity contribution in [1.29, 1.82) is 0 Å². The minimum atomic E-state index is -4.39. The molecule has 0 aliphatic rings. The first kappa shape index (κ1) is 70.5. The molecule has 2 unspecified atom stereocenters. The molecule has 9 nitrogen and oxygen atoms in total. The number of hydrogen-bond donors (Lipinski definition) is 1. The second-order valence-electron chi connectivity index (χ2n) is 21.4. The fourth-order valence-electron chi connectivity index (χ4n) is 8.37. The van der Waals surface area contributed by atoms with Crippen molar-refractivity contribution in [3.8, 4) is 0 Å². The summed E-state index contributed by atoms with van der Waals surface area (Å²) in [5, 5.41) is 0. The van der Waals surface area contributed by atoms with E-state index in [1.54, 1.807) is 0 Å². The minimum Gasteiger partial charge on any atom is -0.462 e. The monoisotopic (exact) mass is 1040 g/mol. The van der Waals surface area contributed by atoms with Crippen LogP contribution in [0.2, 0.25) is 0 Å². The molecule has 0 saturated carbocycles. The van der Waals surface area contributed by atoms with Crippen LogP contribution >= 0.6 is 7.82 Å². The van der Waals surface area contributed by atoms with Crippen LogP contribution in [0, 0.1) is 0 Å². The second kappa shape index (κ2) is 54.2. The van der Waals surface area contributed by atoms with Crippen LogP contribution in [0.4, 0.5) is 0 Å². The maximum atomic E-state index is 12.8. The molecule has 0 amide bonds. The SMILES string of the molecule is CC/C=C\C/C=C\C/C=C\C/C=C\C/C=C\C/C=C\CCCCCCCCCCCCCCCCC(=O)OC(COC(=O)CCCCCCCCCCCCCCCCCC)COP(=O)(O)OCC[N+](C)(C)C. The summed E-state index contributed by atoms with van der Waals surface area (Å²) in [5.74, 6) is -0.789. The van der Waals surface area contributed by atoms with Crippen molar-refractivity contribution >= 4 is 19.8 Å². The first-order chi connectivity index (χ1) is 35.5. The van der Waals surface area contributed by atoms with Gasteiger partial charge in [-0.1, -0.05) is 260 Å². The molecular weight excluding hydrogens is 930 g/mol. The molecule has 0 bridgehead atoms. The van der Waals surface area contributed by atoms with Gasteiger partial charge in [-0.2, -0.15) is 0 Å². The Kier molecular flexibility index (Phi) is 52.4. The van der Waals surface area contributed by atoms with Gasteiger partial charge in [0, 0.05) is 12.8 Å². The number of rotatable bonds is 55. The maximum absolute atomic E-state index is 12.8. The maximum Gasteiger partial charge on any atom is 0.472 e. The Morgan fingerprint density at radius 1 is 0.438 bits per heavy atom. The van der Waals surface area contributed by atoms with Gasteiger partial charge in [-0.25, -0.2) is 4.57 Å². The van der Waals surface area contributed by atoms with Gasteiger partial charge in [-0.3, -0.25) is 18.6 Å². The molecule has 0 aromatic carbocycles. The average Bonchev–Trinajstić information content (AvgIpc) is 3.35. The Bertz CT molecular complexity index is 1460. The molecule has 0 rings (SSSR count). The Balaban J connectivity index is 4.07. The number of quaternary nitrogens is 1. The third-order valence-corrected chi connectivity index (χ3v) is 14.0. The standard InChI is InChI=1S/C63H114NO8P/c1-6-8-10-12-14-16-18-20-22-24-25-26-27-28-29-30-31-32-33-34-35-36-37-38-39-40-42-44-46-48-50-52-54-56-63(66)72-61(60-71-73(67,68)70-58-57-64(3,4)5)59-69-62(65)55-53-51-49-47-45-43-41-23-21-19-17-15-13-11-9-7-2/h8,10,14,16,20,22,25-26,28-29,31-32,61H,6-7,9,11-13,15,17-19,21,23-24,27,30,33-60H2,1-5H3/p+1/b10-8-,16-14-,22-20-,26-25-,29-28-,32-31-. The number of esters is 2. The number of likely N-dealkylation sites (N-methyl/N-ethyl adjacent to an activating group) is 1. The number of phosphoric acid groups is 1. The highest BCUT2D eigenvalue weighted by molar-refractivity contribution is 7.47. The van der Waals surface area contributed by atoms with E-state index in [0.29, 0.717) is 23.9 Å². The van der Waals surface area contributed by atoms with E-state index in [9.17, 15) is 19.0 Å². The lowest BCUT2D eigenvalue weighted by atomic mass is 10.0. The predicted octanol–water partition coefficient (Wildman–Crippen LogP) is 18.9. The van der Waals surface area contributed by atoms with Crippen molar-refractivity contribution in [3.05, 3.63) is 72.9 Å². The van der Waals surface area contributed by atoms with Crippen LogP contribution in [-0.2, 0) is 32.7 Å². The third kappa shape index (κ3) is 58.6. The summed E-state index contributed by atoms with van der Waals surface area (Å²) in [7, 11) is 1.48. The number of unbranched alkanes of at least 4 members (excludes halogenated alkanes) is 29. The smallest absolute Gasteiger partial charge is 0.462 e. The van der Waals surface area contributed by atoms with E-state index >= 15 is 0 Å². The zero-order valence-corrected chi connectivity index (χ0v) is 49.0. The van der Waals surface area contributed by atoms with E-state index in [0.717, 1.165) is 77.0 Å². The number of carbonyl (C=O) groups excluding carboxylic acids is 2. The third-order valence-electron chi connectivity index (χ3n) is 13.0. The van der Waals surface area contributed by atoms with Crippen LogP contribution in [0.1, 0.15) is 264 Å². The lowest BCUT2D eigenvalue weighted by molar-refractivity contribution is -0.870. The van der Waals surface area contributed by atoms with Crippen molar-refractivity contribution < 1.29 is 42.1 Å². The second-order valence-corrected chi connectivity index (χ2v) is 22.8. The summed E-state index contributed by atoms with van der Waals surface area (Å²) in [6, 6.07) is 0. The largest absolute Gasteiger partial charge is 0.472 e. The molecule has 0 saturated heterocycles. The fourth-order valence-corrected chi connectivity index (χ4v) is 9.12. The van der Waals surface area contributed by atoms with Gasteiger partial charge in [0.25, 0.3) is 0 Å². The summed E-state index contributed by atoms with van der Waals surface area (Å²) in [4.78, 5) is 35.7. The molecule has 424 valence electrons. The van der Waals surface area contributed by atoms with Crippen LogP contribution < -0.4 is 0 Å². The van der Waals surface area contributed by atoms with Crippen LogP contribution in [0.3, 0.4) is 0 Å². The first-order valence-electron chi connectivity index (χ1n) is 30.2. The molecule has 0 aromatic rings. The highest BCUT2D eigenvalue weighted by Crippen LogP contribution is 2.43. The van der Waals surface area contributed by atoms with Gasteiger partial charge in [0.1, 0.15) is 19.8 Å². The van der Waals surface area contributed by atoms with Crippen LogP contribution in [0.25, 0.3) is 0 Å². The topological polar surface area (TPSA) is 108 Å². The molecular formula is C63H115NO8P+. The van der Waals surface area contributed by atoms with Gasteiger partial charge < -0.3 is 18.9 Å². The van der Waals surface area contributed by atoms with E-state index in [2.05, 4.69) is 86.8 Å². The Morgan fingerprint density at radius 2 is 0.781 bits per heavy atom. The highest BCUT2D eigenvalue weighted by atomic mass is 31.2. The number of nitrogens with zero attached hydrogens (tertiary/aromatic N) is 1. The first-order valence-corrected chi connectivity index (χ1v) is 31.7. The number of carbonyl (C=O) groups is 2. The predicted molar refractivity (Wildman–Crippen MR) is 312 cm³/mol. The van der Waals surface area contributed by atoms with Gasteiger partial charge in [-0.05, 0) is 64.2 Å². The summed E-state index contributed by atoms with van der Waals surface area (Å²) in [5.41, 5.74) is 0. The molecule has 0 heterocycles. The number of hydrogen-bond acceptors (Lipinski definition) is 7. The van der Waals surface area contributed by atoms with Gasteiger partial charge in [0.2, 0.25) is 0 Å². The summed E-state index contributed by atoms with van der Waals surface area (Å²) >= 11 is 0. The molecule has 0 aliphatic heterocycles. The van der Waals surface area contributed by atoms with E-state index in [1.807, 2.05) is 21.1 Å². The summed E-state index contributed by atoms with van der Waals surface area (Å²) in [6.45, 7) is 4.35. The van der Waals surface area contributed by atoms with Crippen molar-refractivity contribution in [2.75, 3.05) is 47.5 Å². The van der Waals surface area contributed by atoms with Crippen molar-refractivity contribution in [3.63, 3.8) is 0 Å². The lowest BCUT2D eigenvalue weighted by Crippen LogP contribution is -2.37. The summed E-state index contributed by atoms with van der Waals surface area (Å²) in [6.07, 6.45) is 71.2. The van der Waals surface area contributed by atoms with Crippen LogP contribution in [0.5, 0.6) is 0 Å². The zero-order chi connectivity index (χ0) is 53.5. The molecule has 73 heavy (non-hydrogen) atoms. The fraction of sp³-hybridized carbons (Fsp3) is 0.778. The molecule has 0 radical (unpaired) electrons. The molecule has 0 spiro atoms. The molecule has 0 aliphatic carbocycles. The zero-order valence-electron chi connectivity index (χ0n) is 48.1. The quantitative estimate of drug-likeness (QED) is 0.0211. The molecule has 2 atom stereocenters. The Morgan fingerprint density at radius 3 is 1.16 bits per heavy atom. The van der Waals surface area contributed by atoms with Gasteiger partial charge in [0.15, 0.2) is 6.10 Å². The number of allylic oxidation sites excluding steroid dienone is 12. The van der Waals surface area contributed by atoms with Gasteiger partial charge >= 0.3 is 19.8 Å². The van der Waals surface area contributed by atoms with E-state index < -0.39 is 26.5 Å². The van der Waals surface area contributed by atoms with Crippen LogP contribution in [0.15, 0.2) is 72.9 Å². The molecule has 0 fully saturated rings. The van der Waals surface area contributed by atoms with E-state index in [1.165, 1.54) is 154 Å². The Labute approximate surface area is 450 Å².